The second-order valence-electron chi connectivity index (χ2n) is 4.50. The van der Waals surface area contributed by atoms with Gasteiger partial charge in [0.1, 0.15) is 5.75 Å². The average Bonchev–Trinajstić information content (AvgIpc) is 2.73. The minimum Gasteiger partial charge on any atom is -0.495 e. The molecule has 4 nitrogen and oxygen atoms in total. The molecule has 0 unspecified atom stereocenters. The van der Waals surface area contributed by atoms with Crippen LogP contribution < -0.4 is 10.1 Å². The van der Waals surface area contributed by atoms with Crippen molar-refractivity contribution in [1.29, 1.82) is 0 Å². The Labute approximate surface area is 149 Å². The first kappa shape index (κ1) is 16.8. The number of ether oxygens (including phenoxy) is 1. The fourth-order valence-corrected chi connectivity index (χ4v) is 4.06. The molecule has 0 aliphatic heterocycles. The summed E-state index contributed by atoms with van der Waals surface area (Å²) in [5, 5.41) is 7.91. The second kappa shape index (κ2) is 7.15. The first-order valence-corrected chi connectivity index (χ1v) is 8.83. The number of halogens is 3. The van der Waals surface area contributed by atoms with Crippen molar-refractivity contribution < 1.29 is 4.74 Å². The lowest BCUT2D eigenvalue weighted by Gasteiger charge is -2.12. The van der Waals surface area contributed by atoms with Crippen molar-refractivity contribution >= 4 is 53.5 Å². The fraction of sp³-hybridized carbons (Fsp3) is 0.357. The number of rotatable bonds is 5. The van der Waals surface area contributed by atoms with Gasteiger partial charge in [0.2, 0.25) is 0 Å². The average molecular weight is 482 g/mol. The van der Waals surface area contributed by atoms with E-state index in [0.29, 0.717) is 6.54 Å². The van der Waals surface area contributed by atoms with Crippen molar-refractivity contribution in [3.05, 3.63) is 36.9 Å². The molecule has 0 atom stereocenters. The molecule has 2 rings (SSSR count). The Bertz CT molecular complexity index is 655. The van der Waals surface area contributed by atoms with E-state index in [1.807, 2.05) is 23.9 Å². The summed E-state index contributed by atoms with van der Waals surface area (Å²) in [7, 11) is 3.61. The van der Waals surface area contributed by atoms with Crippen molar-refractivity contribution in [2.24, 2.45) is 7.05 Å². The zero-order valence-corrected chi connectivity index (χ0v) is 16.8. The maximum Gasteiger partial charge on any atom is 0.135 e. The van der Waals surface area contributed by atoms with Crippen molar-refractivity contribution in [2.45, 2.75) is 19.9 Å². The van der Waals surface area contributed by atoms with Crippen molar-refractivity contribution in [3.8, 4) is 5.75 Å². The third-order valence-electron chi connectivity index (χ3n) is 3.19. The molecule has 1 aromatic heterocycles. The van der Waals surface area contributed by atoms with E-state index in [-0.39, 0.29) is 0 Å². The summed E-state index contributed by atoms with van der Waals surface area (Å²) < 4.78 is 10.2. The van der Waals surface area contributed by atoms with Crippen molar-refractivity contribution in [1.82, 2.24) is 9.78 Å². The van der Waals surface area contributed by atoms with Crippen molar-refractivity contribution in [3.63, 3.8) is 0 Å². The van der Waals surface area contributed by atoms with Gasteiger partial charge in [-0.25, -0.2) is 0 Å². The standard InChI is InChI=1S/C14H16Br3N3O/c1-4-10-14(17)12(20(2)19-10)7-18-11-6-13(21-3)9(16)5-8(11)15/h5-6,18H,4,7H2,1-3H3. The Balaban J connectivity index is 2.22. The number of aromatic nitrogens is 2. The Hall–Kier alpha value is -0.530. The van der Waals surface area contributed by atoms with Gasteiger partial charge in [0.25, 0.3) is 0 Å². The first-order valence-electron chi connectivity index (χ1n) is 6.45. The van der Waals surface area contributed by atoms with Crippen LogP contribution in [0.2, 0.25) is 0 Å². The van der Waals surface area contributed by atoms with Crippen LogP contribution >= 0.6 is 47.8 Å². The van der Waals surface area contributed by atoms with E-state index in [1.54, 1.807) is 7.11 Å². The molecule has 7 heteroatoms. The highest BCUT2D eigenvalue weighted by atomic mass is 79.9. The van der Waals surface area contributed by atoms with Crippen LogP contribution in [-0.4, -0.2) is 16.9 Å². The number of nitrogens with zero attached hydrogens (tertiary/aromatic N) is 2. The summed E-state index contributed by atoms with van der Waals surface area (Å²) in [5.41, 5.74) is 3.16. The summed E-state index contributed by atoms with van der Waals surface area (Å²) in [6.45, 7) is 2.77. The molecular formula is C14H16Br3N3O. The molecule has 0 aliphatic carbocycles. The molecule has 0 bridgehead atoms. The van der Waals surface area contributed by atoms with Crippen LogP contribution in [0.5, 0.6) is 5.75 Å². The number of nitrogens with one attached hydrogen (secondary N) is 1. The van der Waals surface area contributed by atoms with Gasteiger partial charge >= 0.3 is 0 Å². The Kier molecular flexibility index (Phi) is 5.73. The van der Waals surface area contributed by atoms with Crippen LogP contribution in [0, 0.1) is 0 Å². The quantitative estimate of drug-likeness (QED) is 0.660. The molecular weight excluding hydrogens is 466 g/mol. The number of aryl methyl sites for hydroxylation is 2. The highest BCUT2D eigenvalue weighted by Gasteiger charge is 2.13. The minimum absolute atomic E-state index is 0.674. The van der Waals surface area contributed by atoms with Gasteiger partial charge in [-0.1, -0.05) is 6.92 Å². The molecule has 0 aliphatic rings. The Morgan fingerprint density at radius 3 is 2.52 bits per heavy atom. The van der Waals surface area contributed by atoms with E-state index < -0.39 is 0 Å². The highest BCUT2D eigenvalue weighted by molar-refractivity contribution is 9.11. The molecule has 2 aromatic rings. The molecule has 0 fully saturated rings. The summed E-state index contributed by atoms with van der Waals surface area (Å²) in [6, 6.07) is 3.93. The predicted octanol–water partition coefficient (Wildman–Crippen LogP) is 4.89. The lowest BCUT2D eigenvalue weighted by molar-refractivity contribution is 0.412. The number of methoxy groups -OCH3 is 1. The summed E-state index contributed by atoms with van der Waals surface area (Å²) in [4.78, 5) is 0. The zero-order chi connectivity index (χ0) is 15.6. The highest BCUT2D eigenvalue weighted by Crippen LogP contribution is 2.35. The molecule has 0 radical (unpaired) electrons. The monoisotopic (exact) mass is 479 g/mol. The molecule has 114 valence electrons. The fourth-order valence-electron chi connectivity index (χ4n) is 2.01. The molecule has 0 spiro atoms. The smallest absolute Gasteiger partial charge is 0.135 e. The lowest BCUT2D eigenvalue weighted by Crippen LogP contribution is -2.06. The van der Waals surface area contributed by atoms with E-state index in [4.69, 9.17) is 4.74 Å². The lowest BCUT2D eigenvalue weighted by atomic mass is 10.2. The second-order valence-corrected chi connectivity index (χ2v) is 7.01. The molecule has 21 heavy (non-hydrogen) atoms. The first-order chi connectivity index (χ1) is 9.97. The van der Waals surface area contributed by atoms with Gasteiger partial charge in [-0.15, -0.1) is 0 Å². The number of hydrogen-bond acceptors (Lipinski definition) is 3. The molecule has 1 N–H and O–H groups in total. The maximum atomic E-state index is 5.33. The number of hydrogen-bond donors (Lipinski definition) is 1. The summed E-state index contributed by atoms with van der Waals surface area (Å²) in [5.74, 6) is 0.791. The van der Waals surface area contributed by atoms with Gasteiger partial charge < -0.3 is 10.1 Å². The predicted molar refractivity (Wildman–Crippen MR) is 96.0 cm³/mol. The Morgan fingerprint density at radius 1 is 1.24 bits per heavy atom. The van der Waals surface area contributed by atoms with Crippen LogP contribution in [-0.2, 0) is 20.0 Å². The van der Waals surface area contributed by atoms with E-state index >= 15 is 0 Å². The van der Waals surface area contributed by atoms with Gasteiger partial charge in [0.15, 0.2) is 0 Å². The molecule has 0 saturated carbocycles. The molecule has 1 aromatic carbocycles. The largest absolute Gasteiger partial charge is 0.495 e. The van der Waals surface area contributed by atoms with Gasteiger partial charge in [-0.2, -0.15) is 5.10 Å². The minimum atomic E-state index is 0.674. The van der Waals surface area contributed by atoms with Gasteiger partial charge in [-0.3, -0.25) is 4.68 Å². The van der Waals surface area contributed by atoms with E-state index in [2.05, 4.69) is 65.1 Å². The van der Waals surface area contributed by atoms with Crippen molar-refractivity contribution in [2.75, 3.05) is 12.4 Å². The van der Waals surface area contributed by atoms with Crippen LogP contribution in [0.4, 0.5) is 5.69 Å². The summed E-state index contributed by atoms with van der Waals surface area (Å²) in [6.07, 6.45) is 0.907. The SMILES string of the molecule is CCc1nn(C)c(CNc2cc(OC)c(Br)cc2Br)c1Br. The molecule has 0 amide bonds. The summed E-state index contributed by atoms with van der Waals surface area (Å²) >= 11 is 10.7. The van der Waals surface area contributed by atoms with Crippen LogP contribution in [0.3, 0.4) is 0 Å². The number of anilines is 1. The number of benzene rings is 1. The third kappa shape index (κ3) is 3.63. The third-order valence-corrected chi connectivity index (χ3v) is 5.38. The molecule has 1 heterocycles. The van der Waals surface area contributed by atoms with E-state index in [1.165, 1.54) is 0 Å². The van der Waals surface area contributed by atoms with E-state index in [9.17, 15) is 0 Å². The Morgan fingerprint density at radius 2 is 1.95 bits per heavy atom. The molecule has 0 saturated heterocycles. The van der Waals surface area contributed by atoms with Gasteiger partial charge in [0, 0.05) is 17.6 Å². The van der Waals surface area contributed by atoms with Gasteiger partial charge in [0.05, 0.1) is 39.7 Å². The van der Waals surface area contributed by atoms with Gasteiger partial charge in [-0.05, 0) is 60.3 Å². The van der Waals surface area contributed by atoms with E-state index in [0.717, 1.165) is 42.7 Å². The van der Waals surface area contributed by atoms with Crippen LogP contribution in [0.25, 0.3) is 0 Å². The zero-order valence-electron chi connectivity index (χ0n) is 12.0. The van der Waals surface area contributed by atoms with Crippen LogP contribution in [0.15, 0.2) is 25.6 Å². The normalized spacial score (nSPS) is 10.8. The topological polar surface area (TPSA) is 39.1 Å². The maximum absolute atomic E-state index is 5.33. The van der Waals surface area contributed by atoms with Crippen LogP contribution in [0.1, 0.15) is 18.3 Å².